The van der Waals surface area contributed by atoms with Gasteiger partial charge in [-0.3, -0.25) is 4.98 Å². The van der Waals surface area contributed by atoms with Gasteiger partial charge < -0.3 is 15.2 Å². The predicted octanol–water partition coefficient (Wildman–Crippen LogP) is -0.880. The van der Waals surface area contributed by atoms with Crippen molar-refractivity contribution in [3.63, 3.8) is 0 Å². The first-order chi connectivity index (χ1) is 5.13. The molecule has 0 aliphatic heterocycles. The van der Waals surface area contributed by atoms with E-state index in [9.17, 15) is 0 Å². The van der Waals surface area contributed by atoms with Crippen molar-refractivity contribution in [2.24, 2.45) is 0 Å². The Morgan fingerprint density at radius 3 is 2.55 bits per heavy atom. The van der Waals surface area contributed by atoms with Gasteiger partial charge in [0.2, 0.25) is 0 Å². The van der Waals surface area contributed by atoms with Crippen LogP contribution in [0, 0.1) is 0 Å². The normalized spacial score (nSPS) is 9.73. The van der Waals surface area contributed by atoms with E-state index in [1.807, 2.05) is 0 Å². The number of pyridine rings is 1. The molecule has 0 radical (unpaired) electrons. The largest absolute Gasteiger partial charge is 0.512 e. The average molecular weight is 173 g/mol. The molecule has 11 heavy (non-hydrogen) atoms. The van der Waals surface area contributed by atoms with E-state index in [0.29, 0.717) is 0 Å². The molecule has 4 nitrogen and oxygen atoms in total. The molecule has 1 rings (SSSR count). The van der Waals surface area contributed by atoms with Gasteiger partial charge in [-0.1, -0.05) is 11.6 Å². The van der Waals surface area contributed by atoms with Gasteiger partial charge in [0.05, 0.1) is 5.02 Å². The fourth-order valence-corrected chi connectivity index (χ4v) is 0.788. The average Bonchev–Trinajstić information content (AvgIpc) is 1.94. The second-order valence-corrected chi connectivity index (χ2v) is 2.31. The van der Waals surface area contributed by atoms with Crippen molar-refractivity contribution in [1.29, 1.82) is 0 Å². The van der Waals surface area contributed by atoms with E-state index < -0.39 is 12.9 Å². The number of aromatic hydroxyl groups is 1. The molecular weight excluding hydrogens is 168 g/mol. The molecule has 0 fully saturated rings. The van der Waals surface area contributed by atoms with Crippen LogP contribution in [0.4, 0.5) is 0 Å². The predicted molar refractivity (Wildman–Crippen MR) is 40.7 cm³/mol. The minimum absolute atomic E-state index is 0.0445. The van der Waals surface area contributed by atoms with E-state index >= 15 is 0 Å². The van der Waals surface area contributed by atoms with Crippen molar-refractivity contribution in [2.75, 3.05) is 0 Å². The van der Waals surface area contributed by atoms with Crippen LogP contribution < -0.4 is 5.59 Å². The van der Waals surface area contributed by atoms with Crippen LogP contribution in [0.15, 0.2) is 12.3 Å². The van der Waals surface area contributed by atoms with E-state index in [-0.39, 0.29) is 10.6 Å². The molecule has 1 aromatic rings. The van der Waals surface area contributed by atoms with E-state index in [0.717, 1.165) is 0 Å². The summed E-state index contributed by atoms with van der Waals surface area (Å²) in [6.45, 7) is 0. The molecule has 0 amide bonds. The molecule has 0 saturated carbocycles. The third-order valence-electron chi connectivity index (χ3n) is 1.15. The van der Waals surface area contributed by atoms with Crippen LogP contribution in [-0.2, 0) is 0 Å². The van der Waals surface area contributed by atoms with Gasteiger partial charge in [-0.25, -0.2) is 0 Å². The Bertz CT molecular complexity index is 268. The Hall–Kier alpha value is -0.775. The molecule has 58 valence electrons. The Morgan fingerprint density at radius 2 is 2.09 bits per heavy atom. The van der Waals surface area contributed by atoms with E-state index in [1.54, 1.807) is 0 Å². The van der Waals surface area contributed by atoms with E-state index in [4.69, 9.17) is 26.8 Å². The van der Waals surface area contributed by atoms with Gasteiger partial charge in [-0.05, 0) is 6.07 Å². The lowest BCUT2D eigenvalue weighted by Gasteiger charge is -2.01. The molecule has 0 aliphatic carbocycles. The minimum atomic E-state index is -1.80. The van der Waals surface area contributed by atoms with Gasteiger partial charge in [-0.2, -0.15) is 0 Å². The first kappa shape index (κ1) is 8.32. The molecule has 1 aromatic heterocycles. The smallest absolute Gasteiger partial charge is 0.505 e. The summed E-state index contributed by atoms with van der Waals surface area (Å²) in [5.41, 5.74) is -0.238. The topological polar surface area (TPSA) is 73.6 Å². The Labute approximate surface area is 68.2 Å². The maximum Gasteiger partial charge on any atom is 0.512 e. The van der Waals surface area contributed by atoms with Gasteiger partial charge in [-0.15, -0.1) is 0 Å². The second kappa shape index (κ2) is 3.08. The van der Waals surface area contributed by atoms with E-state index in [1.165, 1.54) is 12.3 Å². The highest BCUT2D eigenvalue weighted by Crippen LogP contribution is 2.17. The number of nitrogens with zero attached hydrogens (tertiary/aromatic N) is 1. The summed E-state index contributed by atoms with van der Waals surface area (Å²) in [5, 5.41) is 26.3. The zero-order valence-electron chi connectivity index (χ0n) is 5.40. The maximum absolute atomic E-state index is 9.05. The van der Waals surface area contributed by atoms with Crippen molar-refractivity contribution in [1.82, 2.24) is 4.98 Å². The number of hydrogen-bond donors (Lipinski definition) is 3. The molecule has 1 heterocycles. The summed E-state index contributed by atoms with van der Waals surface area (Å²) in [5.74, 6) is -0.399. The van der Waals surface area contributed by atoms with Crippen LogP contribution >= 0.6 is 11.6 Å². The molecular formula is C5H5BClNO3. The summed E-state index contributed by atoms with van der Waals surface area (Å²) in [6.07, 6.45) is 1.27. The van der Waals surface area contributed by atoms with Crippen LogP contribution in [0.2, 0.25) is 5.02 Å². The summed E-state index contributed by atoms with van der Waals surface area (Å²) >= 11 is 5.45. The zero-order chi connectivity index (χ0) is 8.43. The highest BCUT2D eigenvalue weighted by atomic mass is 35.5. The van der Waals surface area contributed by atoms with Crippen LogP contribution in [0.25, 0.3) is 0 Å². The number of aromatic nitrogens is 1. The molecule has 0 spiro atoms. The maximum atomic E-state index is 9.05. The van der Waals surface area contributed by atoms with Crippen LogP contribution in [-0.4, -0.2) is 27.3 Å². The number of hydrogen-bond acceptors (Lipinski definition) is 4. The molecule has 0 saturated heterocycles. The SMILES string of the molecule is OB(O)c1nccc(Cl)c1O. The summed E-state index contributed by atoms with van der Waals surface area (Å²) < 4.78 is 0. The monoisotopic (exact) mass is 173 g/mol. The van der Waals surface area contributed by atoms with Crippen LogP contribution in [0.3, 0.4) is 0 Å². The van der Waals surface area contributed by atoms with Gasteiger partial charge in [0, 0.05) is 6.20 Å². The van der Waals surface area contributed by atoms with Gasteiger partial charge in [0.15, 0.2) is 5.75 Å². The quantitative estimate of drug-likeness (QED) is 0.482. The van der Waals surface area contributed by atoms with Gasteiger partial charge in [0.25, 0.3) is 0 Å². The molecule has 0 aromatic carbocycles. The standard InChI is InChI=1S/C5H5BClNO3/c7-3-1-2-8-5(4(3)9)6(10)11/h1-2,9-11H. The summed E-state index contributed by atoms with van der Waals surface area (Å²) in [6, 6.07) is 1.35. The highest BCUT2D eigenvalue weighted by molar-refractivity contribution is 6.59. The van der Waals surface area contributed by atoms with Crippen LogP contribution in [0.5, 0.6) is 5.75 Å². The van der Waals surface area contributed by atoms with Crippen molar-refractivity contribution in [3.8, 4) is 5.75 Å². The molecule has 0 unspecified atom stereocenters. The fraction of sp³-hybridized carbons (Fsp3) is 0. The minimum Gasteiger partial charge on any atom is -0.505 e. The summed E-state index contributed by atoms with van der Waals surface area (Å²) in [4.78, 5) is 3.50. The van der Waals surface area contributed by atoms with Gasteiger partial charge >= 0.3 is 7.12 Å². The van der Waals surface area contributed by atoms with Crippen LogP contribution in [0.1, 0.15) is 0 Å². The first-order valence-corrected chi connectivity index (χ1v) is 3.20. The highest BCUT2D eigenvalue weighted by Gasteiger charge is 2.19. The molecule has 0 atom stereocenters. The lowest BCUT2D eigenvalue weighted by Crippen LogP contribution is -2.32. The van der Waals surface area contributed by atoms with Crippen molar-refractivity contribution >= 4 is 24.3 Å². The fourth-order valence-electron chi connectivity index (χ4n) is 0.634. The third kappa shape index (κ3) is 1.62. The van der Waals surface area contributed by atoms with Crippen molar-refractivity contribution in [3.05, 3.63) is 17.3 Å². The Kier molecular flexibility index (Phi) is 2.33. The van der Waals surface area contributed by atoms with Gasteiger partial charge in [0.1, 0.15) is 5.59 Å². The lowest BCUT2D eigenvalue weighted by atomic mass is 9.85. The lowest BCUT2D eigenvalue weighted by molar-refractivity contribution is 0.417. The van der Waals surface area contributed by atoms with Crippen molar-refractivity contribution in [2.45, 2.75) is 0 Å². The molecule has 0 bridgehead atoms. The summed E-state index contributed by atoms with van der Waals surface area (Å²) in [7, 11) is -1.80. The Balaban J connectivity index is 3.17. The number of halogens is 1. The first-order valence-electron chi connectivity index (χ1n) is 2.82. The van der Waals surface area contributed by atoms with Crippen molar-refractivity contribution < 1.29 is 15.2 Å². The third-order valence-corrected chi connectivity index (χ3v) is 1.45. The zero-order valence-corrected chi connectivity index (χ0v) is 6.15. The van der Waals surface area contributed by atoms with E-state index in [2.05, 4.69) is 4.98 Å². The number of rotatable bonds is 1. The Morgan fingerprint density at radius 1 is 1.45 bits per heavy atom. The second-order valence-electron chi connectivity index (χ2n) is 1.90. The molecule has 6 heteroatoms. The molecule has 0 aliphatic rings. The molecule has 3 N–H and O–H groups in total.